The van der Waals surface area contributed by atoms with E-state index in [1.54, 1.807) is 0 Å². The van der Waals surface area contributed by atoms with Gasteiger partial charge in [-0.15, -0.1) is 0 Å². The molecule has 0 bridgehead atoms. The normalized spacial score (nSPS) is 10.9. The Morgan fingerprint density at radius 3 is 1.53 bits per heavy atom. The fraction of sp³-hybridized carbons (Fsp3) is 0.143. The molecule has 3 heteroatoms. The molecular weight excluding hydrogens is 407 g/mol. The van der Waals surface area contributed by atoms with Gasteiger partial charge in [-0.1, -0.05) is 0 Å². The summed E-state index contributed by atoms with van der Waals surface area (Å²) in [7, 11) is 0.493. The monoisotopic (exact) mass is 420 g/mol. The SMILES string of the molecule is Br[I-][S+](Cc1ccccc1)Cc1ccccc1. The summed E-state index contributed by atoms with van der Waals surface area (Å²) >= 11 is 3.88. The van der Waals surface area contributed by atoms with E-state index in [1.807, 2.05) is 0 Å². The minimum atomic E-state index is 0.130. The Morgan fingerprint density at radius 1 is 0.765 bits per heavy atom. The van der Waals surface area contributed by atoms with E-state index in [0.717, 1.165) is 0 Å². The number of hydrogen-bond acceptors (Lipinski definition) is 0. The van der Waals surface area contributed by atoms with Crippen molar-refractivity contribution in [3.05, 3.63) is 71.8 Å². The molecule has 0 aliphatic carbocycles. The maximum absolute atomic E-state index is 3.75. The first-order valence-electron chi connectivity index (χ1n) is 5.40. The Labute approximate surface area is 121 Å². The molecule has 0 aliphatic heterocycles. The van der Waals surface area contributed by atoms with Gasteiger partial charge >= 0.3 is 122 Å². The number of rotatable bonds is 5. The first-order chi connectivity index (χ1) is 8.38. The van der Waals surface area contributed by atoms with Crippen LogP contribution >= 0.6 is 12.7 Å². The Morgan fingerprint density at radius 2 is 1.18 bits per heavy atom. The molecule has 0 amide bonds. The van der Waals surface area contributed by atoms with Crippen molar-refractivity contribution in [2.45, 2.75) is 11.5 Å². The molecule has 0 unspecified atom stereocenters. The van der Waals surface area contributed by atoms with Crippen molar-refractivity contribution in [3.63, 3.8) is 0 Å². The zero-order valence-electron chi connectivity index (χ0n) is 9.35. The predicted molar refractivity (Wildman–Crippen MR) is 76.6 cm³/mol. The molecule has 2 aromatic carbocycles. The van der Waals surface area contributed by atoms with Crippen LogP contribution in [0.15, 0.2) is 60.7 Å². The van der Waals surface area contributed by atoms with Crippen LogP contribution in [0.1, 0.15) is 11.1 Å². The van der Waals surface area contributed by atoms with Gasteiger partial charge in [0, 0.05) is 0 Å². The summed E-state index contributed by atoms with van der Waals surface area (Å²) in [5.41, 5.74) is 2.93. The van der Waals surface area contributed by atoms with Crippen LogP contribution in [0, 0.1) is 0 Å². The Bertz CT molecular complexity index is 391. The van der Waals surface area contributed by atoms with Gasteiger partial charge in [0.2, 0.25) is 0 Å². The van der Waals surface area contributed by atoms with Gasteiger partial charge in [0.1, 0.15) is 0 Å². The standard InChI is InChI=1S/C14H14BrIS/c15-16-17(11-13-7-3-1-4-8-13)12-14-9-5-2-6-10-14/h1-10H,11-12H2. The van der Waals surface area contributed by atoms with Gasteiger partial charge in [0.15, 0.2) is 0 Å². The molecule has 0 aromatic heterocycles. The molecule has 90 valence electrons. The second-order valence-electron chi connectivity index (χ2n) is 3.74. The van der Waals surface area contributed by atoms with Gasteiger partial charge in [-0.3, -0.25) is 0 Å². The van der Waals surface area contributed by atoms with Crippen LogP contribution in [-0.4, -0.2) is 0 Å². The second-order valence-corrected chi connectivity index (χ2v) is 14.9. The molecule has 0 saturated carbocycles. The second kappa shape index (κ2) is 7.44. The van der Waals surface area contributed by atoms with Crippen LogP contribution in [-0.2, 0) is 19.6 Å². The molecule has 0 fully saturated rings. The summed E-state index contributed by atoms with van der Waals surface area (Å²) in [6.07, 6.45) is 0. The van der Waals surface area contributed by atoms with E-state index < -0.39 is 0 Å². The van der Waals surface area contributed by atoms with Crippen molar-refractivity contribution < 1.29 is 17.6 Å². The van der Waals surface area contributed by atoms with Crippen molar-refractivity contribution in [1.29, 1.82) is 0 Å². The molecule has 2 rings (SSSR count). The van der Waals surface area contributed by atoms with Crippen LogP contribution < -0.4 is 17.6 Å². The van der Waals surface area contributed by atoms with Crippen LogP contribution in [0.3, 0.4) is 0 Å². The van der Waals surface area contributed by atoms with Gasteiger partial charge in [-0.05, 0) is 0 Å². The van der Waals surface area contributed by atoms with Gasteiger partial charge < -0.3 is 0 Å². The summed E-state index contributed by atoms with van der Waals surface area (Å²) < 4.78 is 0. The van der Waals surface area contributed by atoms with E-state index in [2.05, 4.69) is 73.4 Å². The zero-order valence-corrected chi connectivity index (χ0v) is 13.9. The van der Waals surface area contributed by atoms with Crippen molar-refractivity contribution in [3.8, 4) is 0 Å². The van der Waals surface area contributed by atoms with Crippen molar-refractivity contribution in [2.75, 3.05) is 0 Å². The van der Waals surface area contributed by atoms with E-state index in [1.165, 1.54) is 22.6 Å². The summed E-state index contributed by atoms with van der Waals surface area (Å²) in [4.78, 5) is 0. The first-order valence-corrected chi connectivity index (χ1v) is 14.3. The van der Waals surface area contributed by atoms with Crippen molar-refractivity contribution in [1.82, 2.24) is 0 Å². The quantitative estimate of drug-likeness (QED) is 0.505. The molecule has 0 heterocycles. The summed E-state index contributed by atoms with van der Waals surface area (Å²) in [5, 5.41) is 0. The fourth-order valence-corrected chi connectivity index (χ4v) is 9.24. The number of benzene rings is 2. The fourth-order valence-electron chi connectivity index (χ4n) is 1.60. The van der Waals surface area contributed by atoms with Crippen LogP contribution in [0.2, 0.25) is 0 Å². The third kappa shape index (κ3) is 4.64. The Kier molecular flexibility index (Phi) is 5.88. The molecule has 17 heavy (non-hydrogen) atoms. The van der Waals surface area contributed by atoms with Gasteiger partial charge in [0.25, 0.3) is 0 Å². The average molecular weight is 421 g/mol. The molecular formula is C14H14BrIS. The minimum absolute atomic E-state index is 0.130. The van der Waals surface area contributed by atoms with Crippen molar-refractivity contribution in [2.24, 2.45) is 0 Å². The number of hydrogen-bond donors (Lipinski definition) is 0. The van der Waals surface area contributed by atoms with E-state index in [4.69, 9.17) is 0 Å². The van der Waals surface area contributed by atoms with Crippen LogP contribution in [0.4, 0.5) is 0 Å². The zero-order chi connectivity index (χ0) is 11.9. The topological polar surface area (TPSA) is 0 Å². The third-order valence-electron chi connectivity index (χ3n) is 2.41. The van der Waals surface area contributed by atoms with Gasteiger partial charge in [-0.25, -0.2) is 0 Å². The van der Waals surface area contributed by atoms with E-state index in [9.17, 15) is 0 Å². The summed E-state index contributed by atoms with van der Waals surface area (Å²) in [6.45, 7) is 0. The van der Waals surface area contributed by atoms with Gasteiger partial charge in [-0.2, -0.15) is 0 Å². The van der Waals surface area contributed by atoms with Crippen LogP contribution in [0.5, 0.6) is 0 Å². The van der Waals surface area contributed by atoms with E-state index in [-0.39, 0.29) is 17.6 Å². The summed E-state index contributed by atoms with van der Waals surface area (Å²) in [5.74, 6) is 2.43. The molecule has 0 radical (unpaired) electrons. The molecule has 2 aromatic rings. The molecule has 0 nitrogen and oxygen atoms in total. The average Bonchev–Trinajstić information content (AvgIpc) is 2.40. The maximum atomic E-state index is 3.75. The first kappa shape index (κ1) is 13.4. The number of halogens is 2. The Hall–Kier alpha value is 0.000000000000000444. The molecule has 0 N–H and O–H groups in total. The predicted octanol–water partition coefficient (Wildman–Crippen LogP) is 1.32. The molecule has 0 aliphatic rings. The third-order valence-corrected chi connectivity index (χ3v) is 14.1. The van der Waals surface area contributed by atoms with Gasteiger partial charge in [0.05, 0.1) is 0 Å². The molecule has 0 spiro atoms. The summed E-state index contributed by atoms with van der Waals surface area (Å²) in [6, 6.07) is 21.6. The van der Waals surface area contributed by atoms with Crippen LogP contribution in [0.25, 0.3) is 0 Å². The van der Waals surface area contributed by atoms with Crippen molar-refractivity contribution >= 4 is 20.8 Å². The van der Waals surface area contributed by atoms with E-state index in [0.29, 0.717) is 8.07 Å². The Balaban J connectivity index is 1.98. The molecule has 0 saturated heterocycles. The van der Waals surface area contributed by atoms with E-state index >= 15 is 0 Å². The molecule has 0 atom stereocenters.